The summed E-state index contributed by atoms with van der Waals surface area (Å²) in [5.74, 6) is 0. The standard InChI is InChI=1S/C8H10N.2C2H5.Al/c1-6-4-7(2)9-8(3)5-6;2*1-2;/h4-5H,2H2,1,3H3;2*1H2,2H3;. The molecule has 2 heteroatoms. The van der Waals surface area contributed by atoms with Crippen molar-refractivity contribution in [1.29, 1.82) is 0 Å². The average Bonchev–Trinajstić information content (AvgIpc) is 2.12. The van der Waals surface area contributed by atoms with Crippen LogP contribution in [0.4, 0.5) is 0 Å². The first kappa shape index (κ1) is 11.8. The fraction of sp³-hybridized carbons (Fsp3) is 0.583. The Morgan fingerprint density at radius 3 is 2.29 bits per heavy atom. The Kier molecular flexibility index (Phi) is 4.65. The van der Waals surface area contributed by atoms with Gasteiger partial charge in [-0.25, -0.2) is 0 Å². The second-order valence-electron chi connectivity index (χ2n) is 4.16. The molecule has 0 aromatic carbocycles. The minimum atomic E-state index is -0.522. The topological polar surface area (TPSA) is 12.9 Å². The van der Waals surface area contributed by atoms with Gasteiger partial charge in [-0.1, -0.05) is 29.7 Å². The van der Waals surface area contributed by atoms with E-state index in [1.165, 1.54) is 32.8 Å². The average molecular weight is 205 g/mol. The predicted octanol–water partition coefficient (Wildman–Crippen LogP) is 3.31. The molecule has 0 fully saturated rings. The van der Waals surface area contributed by atoms with Crippen molar-refractivity contribution in [3.8, 4) is 0 Å². The van der Waals surface area contributed by atoms with Gasteiger partial charge in [0.05, 0.1) is 0 Å². The molecule has 0 radical (unpaired) electrons. The molecule has 0 unspecified atom stereocenters. The van der Waals surface area contributed by atoms with Crippen LogP contribution < -0.4 is 0 Å². The van der Waals surface area contributed by atoms with Gasteiger partial charge >= 0.3 is 0 Å². The van der Waals surface area contributed by atoms with Gasteiger partial charge in [-0.05, 0) is 31.5 Å². The maximum Gasteiger partial charge on any atom is 0.269 e. The van der Waals surface area contributed by atoms with E-state index in [2.05, 4.69) is 44.8 Å². The van der Waals surface area contributed by atoms with Gasteiger partial charge in [-0.3, -0.25) is 4.98 Å². The van der Waals surface area contributed by atoms with Crippen LogP contribution in [0.1, 0.15) is 30.8 Å². The van der Waals surface area contributed by atoms with Gasteiger partial charge in [0.15, 0.2) is 0 Å². The van der Waals surface area contributed by atoms with E-state index < -0.39 is 14.1 Å². The van der Waals surface area contributed by atoms with Crippen LogP contribution in [0.2, 0.25) is 10.6 Å². The van der Waals surface area contributed by atoms with Gasteiger partial charge < -0.3 is 0 Å². The molecule has 0 saturated carbocycles. The van der Waals surface area contributed by atoms with Crippen molar-refractivity contribution < 1.29 is 0 Å². The van der Waals surface area contributed by atoms with E-state index in [-0.39, 0.29) is 0 Å². The van der Waals surface area contributed by atoms with E-state index >= 15 is 0 Å². The number of rotatable bonds is 4. The Bertz CT molecular complexity index is 272. The Morgan fingerprint density at radius 1 is 1.14 bits per heavy atom. The summed E-state index contributed by atoms with van der Waals surface area (Å²) < 4.78 is 0. The molecule has 1 aromatic heterocycles. The maximum atomic E-state index is 4.60. The Hall–Kier alpha value is -0.318. The summed E-state index contributed by atoms with van der Waals surface area (Å²) >= 11 is -0.522. The van der Waals surface area contributed by atoms with Gasteiger partial charge in [0.2, 0.25) is 0 Å². The third-order valence-corrected chi connectivity index (χ3v) is 6.11. The molecular weight excluding hydrogens is 185 g/mol. The number of aromatic nitrogens is 1. The number of aryl methyl sites for hydroxylation is 2. The van der Waals surface area contributed by atoms with Crippen LogP contribution in [-0.2, 0) is 5.28 Å². The number of hydrogen-bond donors (Lipinski definition) is 0. The van der Waals surface area contributed by atoms with Crippen molar-refractivity contribution >= 4 is 14.1 Å². The SMILES string of the molecule is C[CH2][Al]([CH2]C)[CH2]c1cc(C)cc(C)n1. The summed E-state index contributed by atoms with van der Waals surface area (Å²) in [4.78, 5) is 4.60. The molecule has 0 spiro atoms. The Morgan fingerprint density at radius 2 is 1.79 bits per heavy atom. The van der Waals surface area contributed by atoms with E-state index in [0.29, 0.717) is 0 Å². The highest BCUT2D eigenvalue weighted by molar-refractivity contribution is 6.57. The number of nitrogens with zero attached hydrogens (tertiary/aromatic N) is 1. The quantitative estimate of drug-likeness (QED) is 0.687. The van der Waals surface area contributed by atoms with E-state index in [4.69, 9.17) is 0 Å². The van der Waals surface area contributed by atoms with Gasteiger partial charge in [0, 0.05) is 11.4 Å². The minimum absolute atomic E-state index is 0.522. The molecule has 1 heterocycles. The zero-order valence-corrected chi connectivity index (χ0v) is 11.0. The van der Waals surface area contributed by atoms with Crippen molar-refractivity contribution in [2.45, 2.75) is 43.5 Å². The summed E-state index contributed by atoms with van der Waals surface area (Å²) in [5.41, 5.74) is 3.84. The third-order valence-electron chi connectivity index (χ3n) is 2.80. The third kappa shape index (κ3) is 3.44. The van der Waals surface area contributed by atoms with Crippen molar-refractivity contribution in [2.24, 2.45) is 0 Å². The zero-order valence-electron chi connectivity index (χ0n) is 9.80. The van der Waals surface area contributed by atoms with Crippen LogP contribution in [0.15, 0.2) is 12.1 Å². The molecule has 0 amide bonds. The summed E-state index contributed by atoms with van der Waals surface area (Å²) in [6.07, 6.45) is 0. The predicted molar refractivity (Wildman–Crippen MR) is 64.1 cm³/mol. The monoisotopic (exact) mass is 205 g/mol. The molecule has 14 heavy (non-hydrogen) atoms. The lowest BCUT2D eigenvalue weighted by molar-refractivity contribution is 1.06. The smallest absolute Gasteiger partial charge is 0.259 e. The van der Waals surface area contributed by atoms with Gasteiger partial charge in [0.25, 0.3) is 14.1 Å². The van der Waals surface area contributed by atoms with Crippen LogP contribution in [0.25, 0.3) is 0 Å². The molecule has 0 saturated heterocycles. The summed E-state index contributed by atoms with van der Waals surface area (Å²) in [5, 5.41) is 4.06. The van der Waals surface area contributed by atoms with Gasteiger partial charge in [-0.15, -0.1) is 0 Å². The highest BCUT2D eigenvalue weighted by atomic mass is 27.2. The number of pyridine rings is 1. The Labute approximate surface area is 92.0 Å². The highest BCUT2D eigenvalue weighted by Crippen LogP contribution is 2.09. The van der Waals surface area contributed by atoms with E-state index in [9.17, 15) is 0 Å². The lowest BCUT2D eigenvalue weighted by atomic mass is 10.2. The van der Waals surface area contributed by atoms with Crippen molar-refractivity contribution in [1.82, 2.24) is 4.98 Å². The summed E-state index contributed by atoms with van der Waals surface area (Å²) in [6.45, 7) is 8.89. The first-order valence-electron chi connectivity index (χ1n) is 5.59. The molecule has 1 nitrogen and oxygen atoms in total. The Balaban J connectivity index is 2.75. The van der Waals surface area contributed by atoms with Crippen LogP contribution in [-0.4, -0.2) is 19.1 Å². The highest BCUT2D eigenvalue weighted by Gasteiger charge is 2.13. The minimum Gasteiger partial charge on any atom is -0.259 e. The molecule has 1 rings (SSSR count). The van der Waals surface area contributed by atoms with Crippen molar-refractivity contribution in [3.05, 3.63) is 29.1 Å². The molecule has 0 aliphatic rings. The molecule has 1 aromatic rings. The molecule has 0 atom stereocenters. The molecular formula is C12H20AlN. The number of hydrogen-bond acceptors (Lipinski definition) is 1. The summed E-state index contributed by atoms with van der Waals surface area (Å²) in [6, 6.07) is 4.40. The fourth-order valence-electron chi connectivity index (χ4n) is 1.90. The first-order chi connectivity index (χ1) is 6.65. The second kappa shape index (κ2) is 5.54. The van der Waals surface area contributed by atoms with Crippen LogP contribution in [0.3, 0.4) is 0 Å². The van der Waals surface area contributed by atoms with Crippen LogP contribution in [0.5, 0.6) is 0 Å². The molecule has 0 aliphatic carbocycles. The summed E-state index contributed by atoms with van der Waals surface area (Å²) in [7, 11) is 0. The lowest BCUT2D eigenvalue weighted by Gasteiger charge is -2.07. The van der Waals surface area contributed by atoms with E-state index in [1.54, 1.807) is 0 Å². The van der Waals surface area contributed by atoms with E-state index in [0.717, 1.165) is 0 Å². The maximum absolute atomic E-state index is 4.60. The first-order valence-corrected chi connectivity index (χ1v) is 8.04. The van der Waals surface area contributed by atoms with Crippen molar-refractivity contribution in [3.63, 3.8) is 0 Å². The van der Waals surface area contributed by atoms with Crippen LogP contribution >= 0.6 is 0 Å². The largest absolute Gasteiger partial charge is 0.269 e. The molecule has 0 bridgehead atoms. The van der Waals surface area contributed by atoms with Gasteiger partial charge in [-0.2, -0.15) is 0 Å². The van der Waals surface area contributed by atoms with Crippen molar-refractivity contribution in [2.75, 3.05) is 0 Å². The van der Waals surface area contributed by atoms with Gasteiger partial charge in [0.1, 0.15) is 0 Å². The van der Waals surface area contributed by atoms with E-state index in [1.807, 2.05) is 0 Å². The molecule has 0 aliphatic heterocycles. The second-order valence-corrected chi connectivity index (χ2v) is 7.94. The van der Waals surface area contributed by atoms with Crippen LogP contribution in [0, 0.1) is 13.8 Å². The zero-order chi connectivity index (χ0) is 10.6. The lowest BCUT2D eigenvalue weighted by Crippen LogP contribution is -2.15. The normalized spacial score (nSPS) is 10.3. The molecule has 76 valence electrons. The molecule has 0 N–H and O–H groups in total. The fourth-order valence-corrected chi connectivity index (χ4v) is 3.86.